The molecule has 2 aromatic rings. The largest absolute Gasteiger partial charge is 0.350 e. The van der Waals surface area contributed by atoms with Crippen LogP contribution in [-0.4, -0.2) is 33.7 Å². The molecule has 3 atom stereocenters. The van der Waals surface area contributed by atoms with Crippen LogP contribution in [0.15, 0.2) is 11.0 Å². The van der Waals surface area contributed by atoms with Gasteiger partial charge in [-0.1, -0.05) is 11.6 Å². The molecule has 0 amide bonds. The SMILES string of the molecule is O=c1nc(N2CCC[C@@H]3C(F)C32)c2cnc(Cl)c(F)c2[nH]1. The molecule has 2 fully saturated rings. The Morgan fingerprint density at radius 1 is 1.48 bits per heavy atom. The second-order valence-corrected chi connectivity index (χ2v) is 5.81. The first kappa shape index (κ1) is 12.9. The fourth-order valence-corrected chi connectivity index (χ4v) is 3.35. The molecule has 0 aromatic carbocycles. The van der Waals surface area contributed by atoms with Gasteiger partial charge in [0.25, 0.3) is 0 Å². The van der Waals surface area contributed by atoms with Crippen LogP contribution in [0.3, 0.4) is 0 Å². The molecule has 1 saturated heterocycles. The summed E-state index contributed by atoms with van der Waals surface area (Å²) in [6, 6.07) is -0.269. The van der Waals surface area contributed by atoms with Crippen LogP contribution in [0, 0.1) is 11.7 Å². The van der Waals surface area contributed by atoms with Gasteiger partial charge in [-0.05, 0) is 12.8 Å². The zero-order valence-electron chi connectivity index (χ0n) is 10.8. The first-order chi connectivity index (χ1) is 10.1. The number of pyridine rings is 1. The number of aromatic nitrogens is 3. The monoisotopic (exact) mass is 312 g/mol. The number of alkyl halides is 1. The van der Waals surface area contributed by atoms with Gasteiger partial charge in [-0.3, -0.25) is 0 Å². The third kappa shape index (κ3) is 1.83. The molecule has 2 aliphatic rings. The van der Waals surface area contributed by atoms with Gasteiger partial charge in [0.2, 0.25) is 0 Å². The predicted octanol–water partition coefficient (Wildman–Crippen LogP) is 2.05. The Labute approximate surface area is 123 Å². The van der Waals surface area contributed by atoms with Crippen LogP contribution < -0.4 is 10.6 Å². The number of piperidine rings is 1. The van der Waals surface area contributed by atoms with Crippen LogP contribution in [0.25, 0.3) is 10.9 Å². The van der Waals surface area contributed by atoms with Gasteiger partial charge >= 0.3 is 5.69 Å². The van der Waals surface area contributed by atoms with Crippen molar-refractivity contribution in [1.82, 2.24) is 15.0 Å². The molecule has 1 saturated carbocycles. The maximum absolute atomic E-state index is 14.0. The van der Waals surface area contributed by atoms with E-state index in [0.29, 0.717) is 11.9 Å². The van der Waals surface area contributed by atoms with Crippen molar-refractivity contribution in [1.29, 1.82) is 0 Å². The number of anilines is 1. The van der Waals surface area contributed by atoms with E-state index in [4.69, 9.17) is 11.6 Å². The Kier molecular flexibility index (Phi) is 2.69. The lowest BCUT2D eigenvalue weighted by Gasteiger charge is -2.27. The third-order valence-electron chi connectivity index (χ3n) is 4.26. The zero-order chi connectivity index (χ0) is 14.7. The summed E-state index contributed by atoms with van der Waals surface area (Å²) in [7, 11) is 0. The van der Waals surface area contributed by atoms with E-state index in [0.717, 1.165) is 12.8 Å². The molecule has 0 spiro atoms. The fourth-order valence-electron chi connectivity index (χ4n) is 3.21. The highest BCUT2D eigenvalue weighted by atomic mass is 35.5. The van der Waals surface area contributed by atoms with Gasteiger partial charge in [-0.25, -0.2) is 18.6 Å². The van der Waals surface area contributed by atoms with E-state index in [9.17, 15) is 13.6 Å². The summed E-state index contributed by atoms with van der Waals surface area (Å²) in [5.41, 5.74) is -0.722. The minimum atomic E-state index is -0.909. The molecule has 2 aromatic heterocycles. The van der Waals surface area contributed by atoms with Gasteiger partial charge in [0, 0.05) is 18.7 Å². The number of hydrogen-bond donors (Lipinski definition) is 1. The van der Waals surface area contributed by atoms with E-state index in [-0.39, 0.29) is 28.4 Å². The second-order valence-electron chi connectivity index (χ2n) is 5.45. The summed E-state index contributed by atoms with van der Waals surface area (Å²) >= 11 is 5.64. The normalized spacial score (nSPS) is 27.8. The molecule has 2 unspecified atom stereocenters. The Morgan fingerprint density at radius 2 is 2.29 bits per heavy atom. The summed E-state index contributed by atoms with van der Waals surface area (Å²) in [6.07, 6.45) is 2.11. The van der Waals surface area contributed by atoms with Crippen molar-refractivity contribution in [3.05, 3.63) is 27.7 Å². The van der Waals surface area contributed by atoms with Crippen LogP contribution >= 0.6 is 11.6 Å². The molecule has 3 heterocycles. The maximum atomic E-state index is 14.0. The topological polar surface area (TPSA) is 61.9 Å². The van der Waals surface area contributed by atoms with Crippen LogP contribution in [0.1, 0.15) is 12.8 Å². The molecule has 0 radical (unpaired) electrons. The molecule has 0 bridgehead atoms. The van der Waals surface area contributed by atoms with Crippen molar-refractivity contribution in [3.8, 4) is 0 Å². The van der Waals surface area contributed by atoms with E-state index in [1.165, 1.54) is 6.20 Å². The van der Waals surface area contributed by atoms with Crippen molar-refractivity contribution >= 4 is 28.3 Å². The lowest BCUT2D eigenvalue weighted by molar-refractivity contribution is 0.438. The van der Waals surface area contributed by atoms with E-state index in [2.05, 4.69) is 15.0 Å². The Bertz CT molecular complexity index is 796. The zero-order valence-corrected chi connectivity index (χ0v) is 11.6. The van der Waals surface area contributed by atoms with Crippen LogP contribution in [0.2, 0.25) is 5.15 Å². The van der Waals surface area contributed by atoms with E-state index < -0.39 is 17.7 Å². The van der Waals surface area contributed by atoms with Gasteiger partial charge in [0.1, 0.15) is 12.0 Å². The summed E-state index contributed by atoms with van der Waals surface area (Å²) in [6.45, 7) is 0.595. The molecule has 4 rings (SSSR count). The number of halogens is 3. The molecule has 8 heteroatoms. The van der Waals surface area contributed by atoms with Crippen LogP contribution in [-0.2, 0) is 0 Å². The van der Waals surface area contributed by atoms with Gasteiger partial charge in [0.05, 0.1) is 16.9 Å². The van der Waals surface area contributed by atoms with E-state index >= 15 is 0 Å². The molecule has 5 nitrogen and oxygen atoms in total. The van der Waals surface area contributed by atoms with Crippen molar-refractivity contribution in [2.24, 2.45) is 5.92 Å². The van der Waals surface area contributed by atoms with Crippen LogP contribution in [0.4, 0.5) is 14.6 Å². The number of fused-ring (bicyclic) bond motifs is 2. The quantitative estimate of drug-likeness (QED) is 0.819. The number of aromatic amines is 1. The molecule has 1 aliphatic carbocycles. The number of nitrogens with one attached hydrogen (secondary N) is 1. The number of H-pyrrole nitrogens is 1. The fraction of sp³-hybridized carbons (Fsp3) is 0.462. The number of nitrogens with zero attached hydrogens (tertiary/aromatic N) is 3. The van der Waals surface area contributed by atoms with Gasteiger partial charge in [-0.2, -0.15) is 4.98 Å². The maximum Gasteiger partial charge on any atom is 0.347 e. The van der Waals surface area contributed by atoms with Crippen molar-refractivity contribution in [2.75, 3.05) is 11.4 Å². The van der Waals surface area contributed by atoms with Crippen LogP contribution in [0.5, 0.6) is 0 Å². The molecule has 1 N–H and O–H groups in total. The summed E-state index contributed by atoms with van der Waals surface area (Å²) in [5, 5.41) is 0.0258. The molecular weight excluding hydrogens is 302 g/mol. The summed E-state index contributed by atoms with van der Waals surface area (Å²) in [4.78, 5) is 23.4. The second kappa shape index (κ2) is 4.37. The Morgan fingerprint density at radius 3 is 3.10 bits per heavy atom. The minimum Gasteiger partial charge on any atom is -0.350 e. The van der Waals surface area contributed by atoms with Gasteiger partial charge in [-0.15, -0.1) is 0 Å². The molecule has 21 heavy (non-hydrogen) atoms. The van der Waals surface area contributed by atoms with Crippen molar-refractivity contribution < 1.29 is 8.78 Å². The van der Waals surface area contributed by atoms with Crippen molar-refractivity contribution in [3.63, 3.8) is 0 Å². The van der Waals surface area contributed by atoms with Gasteiger partial charge in [0.15, 0.2) is 11.0 Å². The third-order valence-corrected chi connectivity index (χ3v) is 4.52. The Balaban J connectivity index is 1.93. The highest BCUT2D eigenvalue weighted by Crippen LogP contribution is 2.47. The lowest BCUT2D eigenvalue weighted by atomic mass is 10.1. The lowest BCUT2D eigenvalue weighted by Crippen LogP contribution is -2.34. The summed E-state index contributed by atoms with van der Waals surface area (Å²) < 4.78 is 27.8. The molecule has 1 aliphatic heterocycles. The van der Waals surface area contributed by atoms with Crippen molar-refractivity contribution in [2.45, 2.75) is 25.1 Å². The first-order valence-electron chi connectivity index (χ1n) is 6.72. The minimum absolute atomic E-state index is 0.0139. The summed E-state index contributed by atoms with van der Waals surface area (Å²) in [5.74, 6) is -0.525. The van der Waals surface area contributed by atoms with Gasteiger partial charge < -0.3 is 9.88 Å². The number of hydrogen-bond acceptors (Lipinski definition) is 4. The standard InChI is InChI=1S/C13H11ClF2N4O/c14-11-8(16)9-6(4-17-11)12(19-13(21)18-9)20-3-1-2-5-7(15)10(5)20/h4-5,7,10H,1-3H2,(H,18,19,21)/t5-,7?,10?/m1/s1. The number of rotatable bonds is 1. The first-order valence-corrected chi connectivity index (χ1v) is 7.10. The highest BCUT2D eigenvalue weighted by molar-refractivity contribution is 6.30. The molecular formula is C13H11ClF2N4O. The van der Waals surface area contributed by atoms with E-state index in [1.54, 1.807) is 4.90 Å². The highest BCUT2D eigenvalue weighted by Gasteiger charge is 2.56. The Hall–Kier alpha value is -1.76. The smallest absolute Gasteiger partial charge is 0.347 e. The predicted molar refractivity (Wildman–Crippen MR) is 73.9 cm³/mol. The molecule has 110 valence electrons. The van der Waals surface area contributed by atoms with E-state index in [1.807, 2.05) is 0 Å². The average Bonchev–Trinajstić information content (AvgIpc) is 3.14. The average molecular weight is 313 g/mol.